The third-order valence-electron chi connectivity index (χ3n) is 2.83. The lowest BCUT2D eigenvalue weighted by molar-refractivity contribution is 0.102. The van der Waals surface area contributed by atoms with E-state index in [4.69, 9.17) is 5.73 Å². The Labute approximate surface area is 125 Å². The highest BCUT2D eigenvalue weighted by molar-refractivity contribution is 9.10. The molecule has 0 aromatic heterocycles. The molecule has 0 unspecified atom stereocenters. The van der Waals surface area contributed by atoms with Crippen LogP contribution in [0.5, 0.6) is 0 Å². The highest BCUT2D eigenvalue weighted by Gasteiger charge is 2.07. The van der Waals surface area contributed by atoms with Crippen LogP contribution in [-0.4, -0.2) is 12.5 Å². The van der Waals surface area contributed by atoms with Crippen LogP contribution in [-0.2, 0) is 6.42 Å². The Morgan fingerprint density at radius 2 is 1.90 bits per heavy atom. The van der Waals surface area contributed by atoms with Crippen LogP contribution < -0.4 is 11.1 Å². The molecule has 2 aromatic carbocycles. The van der Waals surface area contributed by atoms with Gasteiger partial charge in [0.1, 0.15) is 5.82 Å². The minimum Gasteiger partial charge on any atom is -0.330 e. The molecule has 0 atom stereocenters. The molecular formula is C15H14BrFN2O. The van der Waals surface area contributed by atoms with Crippen molar-refractivity contribution in [3.05, 3.63) is 63.9 Å². The Morgan fingerprint density at radius 1 is 1.20 bits per heavy atom. The highest BCUT2D eigenvalue weighted by Crippen LogP contribution is 2.19. The van der Waals surface area contributed by atoms with Crippen LogP contribution in [0.25, 0.3) is 0 Å². The van der Waals surface area contributed by atoms with Crippen molar-refractivity contribution in [2.75, 3.05) is 11.9 Å². The van der Waals surface area contributed by atoms with Gasteiger partial charge in [0.15, 0.2) is 0 Å². The number of amides is 1. The Balaban J connectivity index is 2.09. The molecule has 0 aliphatic heterocycles. The summed E-state index contributed by atoms with van der Waals surface area (Å²) in [6.07, 6.45) is 0.778. The molecule has 0 aliphatic carbocycles. The predicted molar refractivity (Wildman–Crippen MR) is 81.3 cm³/mol. The molecule has 0 fully saturated rings. The normalized spacial score (nSPS) is 10.3. The fraction of sp³-hybridized carbons (Fsp3) is 0.133. The number of benzene rings is 2. The number of anilines is 1. The summed E-state index contributed by atoms with van der Waals surface area (Å²) in [6, 6.07) is 11.6. The zero-order valence-electron chi connectivity index (χ0n) is 10.7. The van der Waals surface area contributed by atoms with Crippen molar-refractivity contribution in [1.82, 2.24) is 0 Å². The van der Waals surface area contributed by atoms with Gasteiger partial charge in [0.25, 0.3) is 5.91 Å². The minimum absolute atomic E-state index is 0.272. The zero-order valence-corrected chi connectivity index (χ0v) is 12.3. The largest absolute Gasteiger partial charge is 0.330 e. The molecule has 0 bridgehead atoms. The van der Waals surface area contributed by atoms with Crippen LogP contribution in [0.3, 0.4) is 0 Å². The minimum atomic E-state index is -0.416. The van der Waals surface area contributed by atoms with Crippen LogP contribution in [0.1, 0.15) is 15.9 Å². The van der Waals surface area contributed by atoms with Gasteiger partial charge in [-0.2, -0.15) is 0 Å². The van der Waals surface area contributed by atoms with Crippen LogP contribution in [0, 0.1) is 5.82 Å². The summed E-state index contributed by atoms with van der Waals surface area (Å²) < 4.78 is 13.7. The van der Waals surface area contributed by atoms with Crippen LogP contribution in [0.2, 0.25) is 0 Å². The van der Waals surface area contributed by atoms with Gasteiger partial charge in [0, 0.05) is 11.3 Å². The third-order valence-corrected chi connectivity index (χ3v) is 3.47. The zero-order chi connectivity index (χ0) is 14.5. The van der Waals surface area contributed by atoms with Crippen molar-refractivity contribution in [2.24, 2.45) is 5.73 Å². The molecule has 20 heavy (non-hydrogen) atoms. The maximum atomic E-state index is 13.4. The number of halogens is 2. The summed E-state index contributed by atoms with van der Waals surface area (Å²) >= 11 is 3.07. The molecule has 0 saturated heterocycles. The number of nitrogens with two attached hydrogens (primary N) is 1. The topological polar surface area (TPSA) is 55.1 Å². The SMILES string of the molecule is NCCc1ccc(C(=O)Nc2ccc(Br)c(F)c2)cc1. The molecule has 2 rings (SSSR count). The summed E-state index contributed by atoms with van der Waals surface area (Å²) in [5.41, 5.74) is 7.49. The van der Waals surface area contributed by atoms with E-state index < -0.39 is 5.82 Å². The molecule has 0 saturated carbocycles. The molecule has 0 heterocycles. The van der Waals surface area contributed by atoms with Crippen LogP contribution >= 0.6 is 15.9 Å². The maximum absolute atomic E-state index is 13.4. The average molecular weight is 337 g/mol. The number of rotatable bonds is 4. The first kappa shape index (κ1) is 14.7. The smallest absolute Gasteiger partial charge is 0.255 e. The van der Waals surface area contributed by atoms with Gasteiger partial charge in [0.05, 0.1) is 4.47 Å². The summed E-state index contributed by atoms with van der Waals surface area (Å²) in [5, 5.41) is 2.65. The number of hydrogen-bond donors (Lipinski definition) is 2. The fourth-order valence-corrected chi connectivity index (χ4v) is 2.01. The Hall–Kier alpha value is -1.72. The van der Waals surface area contributed by atoms with E-state index in [0.717, 1.165) is 12.0 Å². The van der Waals surface area contributed by atoms with E-state index >= 15 is 0 Å². The van der Waals surface area contributed by atoms with Crippen molar-refractivity contribution in [1.29, 1.82) is 0 Å². The molecular weight excluding hydrogens is 323 g/mol. The second kappa shape index (κ2) is 6.63. The summed E-state index contributed by atoms with van der Waals surface area (Å²) in [4.78, 5) is 12.0. The van der Waals surface area contributed by atoms with Gasteiger partial charge in [-0.05, 0) is 64.8 Å². The van der Waals surface area contributed by atoms with Gasteiger partial charge in [-0.3, -0.25) is 4.79 Å². The lowest BCUT2D eigenvalue weighted by atomic mass is 10.1. The van der Waals surface area contributed by atoms with Crippen molar-refractivity contribution in [3.8, 4) is 0 Å². The molecule has 3 nitrogen and oxygen atoms in total. The second-order valence-corrected chi connectivity index (χ2v) is 5.17. The van der Waals surface area contributed by atoms with Gasteiger partial charge in [-0.1, -0.05) is 12.1 Å². The molecule has 0 aliphatic rings. The Morgan fingerprint density at radius 3 is 2.50 bits per heavy atom. The molecule has 1 amide bonds. The third kappa shape index (κ3) is 3.65. The number of hydrogen-bond acceptors (Lipinski definition) is 2. The van der Waals surface area contributed by atoms with Gasteiger partial charge < -0.3 is 11.1 Å². The maximum Gasteiger partial charge on any atom is 0.255 e. The van der Waals surface area contributed by atoms with Gasteiger partial charge in [-0.15, -0.1) is 0 Å². The first-order chi connectivity index (χ1) is 9.60. The molecule has 5 heteroatoms. The average Bonchev–Trinajstić information content (AvgIpc) is 2.44. The summed E-state index contributed by atoms with van der Waals surface area (Å²) in [7, 11) is 0. The quantitative estimate of drug-likeness (QED) is 0.899. The highest BCUT2D eigenvalue weighted by atomic mass is 79.9. The standard InChI is InChI=1S/C15H14BrFN2O/c16-13-6-5-12(9-14(13)17)19-15(20)11-3-1-10(2-4-11)7-8-18/h1-6,9H,7-8,18H2,(H,19,20). The Kier molecular flexibility index (Phi) is 4.87. The lowest BCUT2D eigenvalue weighted by Gasteiger charge is -2.07. The second-order valence-electron chi connectivity index (χ2n) is 4.32. The van der Waals surface area contributed by atoms with E-state index in [9.17, 15) is 9.18 Å². The van der Waals surface area contributed by atoms with E-state index in [1.165, 1.54) is 6.07 Å². The first-order valence-corrected chi connectivity index (χ1v) is 6.95. The molecule has 2 aromatic rings. The predicted octanol–water partition coefficient (Wildman–Crippen LogP) is 3.34. The monoisotopic (exact) mass is 336 g/mol. The van der Waals surface area contributed by atoms with E-state index in [1.807, 2.05) is 12.1 Å². The van der Waals surface area contributed by atoms with Gasteiger partial charge in [0.2, 0.25) is 0 Å². The van der Waals surface area contributed by atoms with Crippen molar-refractivity contribution < 1.29 is 9.18 Å². The van der Waals surface area contributed by atoms with E-state index in [1.54, 1.807) is 24.3 Å². The Bertz CT molecular complexity index is 614. The van der Waals surface area contributed by atoms with Crippen LogP contribution in [0.4, 0.5) is 10.1 Å². The molecule has 0 radical (unpaired) electrons. The van der Waals surface area contributed by atoms with Crippen LogP contribution in [0.15, 0.2) is 46.9 Å². The fourth-order valence-electron chi connectivity index (χ4n) is 1.77. The van der Waals surface area contributed by atoms with Crippen molar-refractivity contribution in [3.63, 3.8) is 0 Å². The number of nitrogens with one attached hydrogen (secondary N) is 1. The summed E-state index contributed by atoms with van der Waals surface area (Å²) in [5.74, 6) is -0.688. The molecule has 0 spiro atoms. The lowest BCUT2D eigenvalue weighted by Crippen LogP contribution is -2.12. The van der Waals surface area contributed by atoms with E-state index in [2.05, 4.69) is 21.2 Å². The number of carbonyl (C=O) groups is 1. The van der Waals surface area contributed by atoms with Gasteiger partial charge in [-0.25, -0.2) is 4.39 Å². The van der Waals surface area contributed by atoms with E-state index in [0.29, 0.717) is 22.3 Å². The number of carbonyl (C=O) groups excluding carboxylic acids is 1. The van der Waals surface area contributed by atoms with Crippen molar-refractivity contribution in [2.45, 2.75) is 6.42 Å². The van der Waals surface area contributed by atoms with E-state index in [-0.39, 0.29) is 5.91 Å². The van der Waals surface area contributed by atoms with Gasteiger partial charge >= 0.3 is 0 Å². The molecule has 104 valence electrons. The first-order valence-electron chi connectivity index (χ1n) is 6.15. The summed E-state index contributed by atoms with van der Waals surface area (Å²) in [6.45, 7) is 0.573. The molecule has 3 N–H and O–H groups in total. The van der Waals surface area contributed by atoms with Crippen molar-refractivity contribution >= 4 is 27.5 Å².